The first-order chi connectivity index (χ1) is 16.0. The highest BCUT2D eigenvalue weighted by molar-refractivity contribution is 7.87. The van der Waals surface area contributed by atoms with Gasteiger partial charge in [0.25, 0.3) is 0 Å². The van der Waals surface area contributed by atoms with E-state index in [-0.39, 0.29) is 21.9 Å². The molecule has 0 fully saturated rings. The van der Waals surface area contributed by atoms with Crippen molar-refractivity contribution in [3.63, 3.8) is 0 Å². The molecule has 0 radical (unpaired) electrons. The molecule has 0 atom stereocenters. The number of hydrogen-bond acceptors (Lipinski definition) is 6. The molecule has 0 bridgehead atoms. The average Bonchev–Trinajstić information content (AvgIpc) is 2.72. The summed E-state index contributed by atoms with van der Waals surface area (Å²) in [5, 5.41) is 5.31. The Labute approximate surface area is 199 Å². The van der Waals surface area contributed by atoms with Crippen LogP contribution in [0.3, 0.4) is 0 Å². The molecule has 0 aliphatic heterocycles. The van der Waals surface area contributed by atoms with Crippen LogP contribution in [-0.4, -0.2) is 27.5 Å². The molecule has 3 rings (SSSR count). The molecular weight excluding hydrogens is 456 g/mol. The summed E-state index contributed by atoms with van der Waals surface area (Å²) in [4.78, 5) is 24.7. The largest absolute Gasteiger partial charge is 0.465 e. The Morgan fingerprint density at radius 1 is 0.794 bits per heavy atom. The predicted octanol–water partition coefficient (Wildman–Crippen LogP) is 5.12. The Hall–Kier alpha value is -3.85. The van der Waals surface area contributed by atoms with Crippen molar-refractivity contribution in [1.29, 1.82) is 0 Å². The molecule has 3 aromatic carbocycles. The number of carbonyl (C=O) groups is 2. The fourth-order valence-electron chi connectivity index (χ4n) is 3.68. The van der Waals surface area contributed by atoms with Crippen LogP contribution < -0.4 is 14.8 Å². The molecule has 3 aromatic rings. The standard InChI is InChI=1S/C25H26N2O6S/c1-15-7-6-8-19(13-15)26-25(29)27-20-9-10-21(24(28)32-5)22(14-20)33-34(30,31)23-17(3)11-16(2)12-18(23)4/h6-14H,1-5H3,(H2,26,27,29). The van der Waals surface area contributed by atoms with Gasteiger partial charge in [0.05, 0.1) is 7.11 Å². The van der Waals surface area contributed by atoms with Gasteiger partial charge in [0.15, 0.2) is 5.75 Å². The van der Waals surface area contributed by atoms with Crippen LogP contribution >= 0.6 is 0 Å². The molecule has 0 unspecified atom stereocenters. The highest BCUT2D eigenvalue weighted by atomic mass is 32.2. The maximum Gasteiger partial charge on any atom is 0.341 e. The van der Waals surface area contributed by atoms with Crippen molar-refractivity contribution in [3.05, 3.63) is 82.4 Å². The molecule has 34 heavy (non-hydrogen) atoms. The second-order valence-corrected chi connectivity index (χ2v) is 9.40. The van der Waals surface area contributed by atoms with E-state index in [1.54, 1.807) is 38.1 Å². The van der Waals surface area contributed by atoms with Crippen molar-refractivity contribution in [3.8, 4) is 5.75 Å². The van der Waals surface area contributed by atoms with Gasteiger partial charge in [-0.2, -0.15) is 8.42 Å². The lowest BCUT2D eigenvalue weighted by Gasteiger charge is -2.16. The zero-order valence-corrected chi connectivity index (χ0v) is 20.4. The van der Waals surface area contributed by atoms with Crippen LogP contribution in [0.15, 0.2) is 59.5 Å². The highest BCUT2D eigenvalue weighted by Crippen LogP contribution is 2.30. The van der Waals surface area contributed by atoms with Crippen molar-refractivity contribution < 1.29 is 26.9 Å². The minimum absolute atomic E-state index is 0.0180. The molecule has 0 saturated carbocycles. The SMILES string of the molecule is COC(=O)c1ccc(NC(=O)Nc2cccc(C)c2)cc1OS(=O)(=O)c1c(C)cc(C)cc1C. The maximum absolute atomic E-state index is 13.2. The Bertz CT molecular complexity index is 1340. The summed E-state index contributed by atoms with van der Waals surface area (Å²) in [6, 6.07) is 14.2. The van der Waals surface area contributed by atoms with E-state index in [1.165, 1.54) is 25.3 Å². The van der Waals surface area contributed by atoms with Gasteiger partial charge in [-0.3, -0.25) is 0 Å². The molecule has 8 nitrogen and oxygen atoms in total. The number of nitrogens with one attached hydrogen (secondary N) is 2. The number of amides is 2. The monoisotopic (exact) mass is 482 g/mol. The Morgan fingerprint density at radius 2 is 1.41 bits per heavy atom. The number of anilines is 2. The first kappa shape index (κ1) is 24.8. The van der Waals surface area contributed by atoms with Crippen LogP contribution in [0.2, 0.25) is 0 Å². The summed E-state index contributed by atoms with van der Waals surface area (Å²) >= 11 is 0. The van der Waals surface area contributed by atoms with Gasteiger partial charge in [0.1, 0.15) is 10.5 Å². The normalized spacial score (nSPS) is 11.0. The Kier molecular flexibility index (Phi) is 7.26. The van der Waals surface area contributed by atoms with E-state index in [2.05, 4.69) is 10.6 Å². The summed E-state index contributed by atoms with van der Waals surface area (Å²) in [6.07, 6.45) is 0. The van der Waals surface area contributed by atoms with Crippen LogP contribution in [0.4, 0.5) is 16.2 Å². The molecule has 0 aromatic heterocycles. The van der Waals surface area contributed by atoms with Gasteiger partial charge >= 0.3 is 22.1 Å². The number of methoxy groups -OCH3 is 1. The molecule has 0 aliphatic carbocycles. The summed E-state index contributed by atoms with van der Waals surface area (Å²) in [5.41, 5.74) is 3.64. The molecule has 0 aliphatic rings. The number of hydrogen-bond donors (Lipinski definition) is 2. The van der Waals surface area contributed by atoms with E-state index in [9.17, 15) is 18.0 Å². The third-order valence-corrected chi connectivity index (χ3v) is 6.52. The highest BCUT2D eigenvalue weighted by Gasteiger charge is 2.26. The van der Waals surface area contributed by atoms with Gasteiger partial charge in [-0.1, -0.05) is 29.8 Å². The number of carbonyl (C=O) groups excluding carboxylic acids is 2. The Balaban J connectivity index is 1.93. The second kappa shape index (κ2) is 9.96. The van der Waals surface area contributed by atoms with E-state index >= 15 is 0 Å². The van der Waals surface area contributed by atoms with E-state index in [0.29, 0.717) is 16.8 Å². The lowest BCUT2D eigenvalue weighted by Crippen LogP contribution is -2.20. The number of aryl methyl sites for hydroxylation is 4. The number of urea groups is 1. The number of benzene rings is 3. The third kappa shape index (κ3) is 5.74. The van der Waals surface area contributed by atoms with Gasteiger partial charge in [0.2, 0.25) is 0 Å². The molecule has 178 valence electrons. The van der Waals surface area contributed by atoms with Crippen molar-refractivity contribution in [2.24, 2.45) is 0 Å². The number of esters is 1. The molecule has 0 saturated heterocycles. The lowest BCUT2D eigenvalue weighted by atomic mass is 10.1. The van der Waals surface area contributed by atoms with E-state index < -0.39 is 22.1 Å². The average molecular weight is 483 g/mol. The van der Waals surface area contributed by atoms with Crippen molar-refractivity contribution in [1.82, 2.24) is 0 Å². The number of rotatable bonds is 6. The van der Waals surface area contributed by atoms with E-state index in [0.717, 1.165) is 11.1 Å². The zero-order valence-electron chi connectivity index (χ0n) is 19.6. The quantitative estimate of drug-likeness (QED) is 0.373. The summed E-state index contributed by atoms with van der Waals surface area (Å²) in [6.45, 7) is 7.11. The molecular formula is C25H26N2O6S. The van der Waals surface area contributed by atoms with Gasteiger partial charge in [-0.25, -0.2) is 9.59 Å². The van der Waals surface area contributed by atoms with Gasteiger partial charge in [0, 0.05) is 17.4 Å². The summed E-state index contributed by atoms with van der Waals surface area (Å²) in [5.74, 6) is -1.04. The summed E-state index contributed by atoms with van der Waals surface area (Å²) in [7, 11) is -3.11. The Morgan fingerprint density at radius 3 is 2.00 bits per heavy atom. The van der Waals surface area contributed by atoms with Crippen LogP contribution in [0.25, 0.3) is 0 Å². The zero-order chi connectivity index (χ0) is 25.0. The smallest absolute Gasteiger partial charge is 0.341 e. The minimum atomic E-state index is -4.29. The van der Waals surface area contributed by atoms with Crippen molar-refractivity contribution in [2.75, 3.05) is 17.7 Å². The molecule has 2 amide bonds. The summed E-state index contributed by atoms with van der Waals surface area (Å²) < 4.78 is 36.5. The topological polar surface area (TPSA) is 111 Å². The van der Waals surface area contributed by atoms with Crippen molar-refractivity contribution in [2.45, 2.75) is 32.6 Å². The van der Waals surface area contributed by atoms with Crippen molar-refractivity contribution >= 4 is 33.5 Å². The lowest BCUT2D eigenvalue weighted by molar-refractivity contribution is 0.0599. The maximum atomic E-state index is 13.2. The second-order valence-electron chi connectivity index (χ2n) is 7.92. The predicted molar refractivity (Wildman–Crippen MR) is 130 cm³/mol. The minimum Gasteiger partial charge on any atom is -0.465 e. The third-order valence-electron chi connectivity index (χ3n) is 4.97. The first-order valence-corrected chi connectivity index (χ1v) is 11.8. The fourth-order valence-corrected chi connectivity index (χ4v) is 5.05. The van der Waals surface area contributed by atoms with Gasteiger partial charge in [-0.15, -0.1) is 0 Å². The molecule has 2 N–H and O–H groups in total. The van der Waals surface area contributed by atoms with Crippen LogP contribution in [-0.2, 0) is 14.9 Å². The van der Waals surface area contributed by atoms with E-state index in [4.69, 9.17) is 8.92 Å². The van der Waals surface area contributed by atoms with Gasteiger partial charge in [-0.05, 0) is 68.7 Å². The number of ether oxygens (including phenoxy) is 1. The molecule has 0 spiro atoms. The van der Waals surface area contributed by atoms with E-state index in [1.807, 2.05) is 26.0 Å². The van der Waals surface area contributed by atoms with Crippen LogP contribution in [0, 0.1) is 27.7 Å². The first-order valence-electron chi connectivity index (χ1n) is 10.4. The van der Waals surface area contributed by atoms with Crippen LogP contribution in [0.1, 0.15) is 32.6 Å². The molecule has 0 heterocycles. The fraction of sp³-hybridized carbons (Fsp3) is 0.200. The molecule has 9 heteroatoms. The van der Waals surface area contributed by atoms with Gasteiger partial charge < -0.3 is 19.6 Å². The van der Waals surface area contributed by atoms with Crippen LogP contribution in [0.5, 0.6) is 5.75 Å².